The van der Waals surface area contributed by atoms with Gasteiger partial charge in [-0.25, -0.2) is 0 Å². The minimum absolute atomic E-state index is 0.170. The van der Waals surface area contributed by atoms with E-state index in [-0.39, 0.29) is 24.4 Å². The van der Waals surface area contributed by atoms with E-state index in [0.717, 1.165) is 0 Å². The van der Waals surface area contributed by atoms with Gasteiger partial charge in [0.15, 0.2) is 17.9 Å². The Bertz CT molecular complexity index is 345. The summed E-state index contributed by atoms with van der Waals surface area (Å²) in [6.07, 6.45) is -1.07. The van der Waals surface area contributed by atoms with Crippen molar-refractivity contribution >= 4 is 0 Å². The maximum absolute atomic E-state index is 6.19. The van der Waals surface area contributed by atoms with Crippen molar-refractivity contribution in [1.82, 2.24) is 0 Å². The van der Waals surface area contributed by atoms with Crippen LogP contribution in [0.15, 0.2) is 0 Å². The van der Waals surface area contributed by atoms with Crippen LogP contribution < -0.4 is 5.73 Å². The quantitative estimate of drug-likeness (QED) is 0.732. The van der Waals surface area contributed by atoms with Gasteiger partial charge in [0.2, 0.25) is 0 Å². The summed E-state index contributed by atoms with van der Waals surface area (Å²) in [7, 11) is 0. The van der Waals surface area contributed by atoms with Crippen molar-refractivity contribution in [3.05, 3.63) is 0 Å². The molecule has 2 N–H and O–H groups in total. The molecule has 5 atom stereocenters. The van der Waals surface area contributed by atoms with Crippen LogP contribution in [-0.4, -0.2) is 48.8 Å². The zero-order chi connectivity index (χ0) is 13.1. The fourth-order valence-electron chi connectivity index (χ4n) is 2.77. The Morgan fingerprint density at radius 2 is 1.67 bits per heavy atom. The molecule has 0 bridgehead atoms. The Morgan fingerprint density at radius 1 is 0.944 bits per heavy atom. The highest BCUT2D eigenvalue weighted by Gasteiger charge is 2.56. The van der Waals surface area contributed by atoms with Crippen LogP contribution in [-0.2, 0) is 23.7 Å². The molecule has 0 amide bonds. The minimum atomic E-state index is -0.635. The zero-order valence-electron chi connectivity index (χ0n) is 11.2. The lowest BCUT2D eigenvalue weighted by Gasteiger charge is -2.26. The predicted octanol–water partition coefficient (Wildman–Crippen LogP) is 0.342. The largest absolute Gasteiger partial charge is 0.348 e. The molecule has 6 heteroatoms. The van der Waals surface area contributed by atoms with Gasteiger partial charge < -0.3 is 29.4 Å². The smallest absolute Gasteiger partial charge is 0.189 e. The van der Waals surface area contributed by atoms with Crippen LogP contribution in [0.2, 0.25) is 0 Å². The molecule has 18 heavy (non-hydrogen) atoms. The van der Waals surface area contributed by atoms with Crippen LogP contribution in [0.5, 0.6) is 0 Å². The highest BCUT2D eigenvalue weighted by Crippen LogP contribution is 2.39. The molecule has 3 saturated heterocycles. The second-order valence-electron chi connectivity index (χ2n) is 6.01. The molecular formula is C12H21NO5. The normalized spacial score (nSPS) is 49.5. The van der Waals surface area contributed by atoms with Crippen LogP contribution in [0.3, 0.4) is 0 Å². The Balaban J connectivity index is 1.68. The second kappa shape index (κ2) is 3.88. The molecule has 0 aromatic rings. The van der Waals surface area contributed by atoms with E-state index >= 15 is 0 Å². The van der Waals surface area contributed by atoms with Crippen molar-refractivity contribution < 1.29 is 23.7 Å². The second-order valence-corrected chi connectivity index (χ2v) is 6.01. The van der Waals surface area contributed by atoms with E-state index in [4.69, 9.17) is 29.4 Å². The maximum Gasteiger partial charge on any atom is 0.189 e. The molecule has 104 valence electrons. The molecule has 6 nitrogen and oxygen atoms in total. The van der Waals surface area contributed by atoms with Crippen LogP contribution in [0.25, 0.3) is 0 Å². The molecule has 3 rings (SSSR count). The van der Waals surface area contributed by atoms with Crippen LogP contribution >= 0.6 is 0 Å². The molecule has 3 aliphatic heterocycles. The monoisotopic (exact) mass is 259 g/mol. The van der Waals surface area contributed by atoms with E-state index in [2.05, 4.69) is 0 Å². The van der Waals surface area contributed by atoms with Gasteiger partial charge in [-0.2, -0.15) is 0 Å². The third-order valence-corrected chi connectivity index (χ3v) is 3.53. The summed E-state index contributed by atoms with van der Waals surface area (Å²) in [5, 5.41) is 0. The van der Waals surface area contributed by atoms with Gasteiger partial charge in [0, 0.05) is 0 Å². The summed E-state index contributed by atoms with van der Waals surface area (Å²) in [5.74, 6) is -1.21. The fraction of sp³-hybridized carbons (Fsp3) is 1.00. The minimum Gasteiger partial charge on any atom is -0.348 e. The number of hydrogen-bond acceptors (Lipinski definition) is 6. The highest BCUT2D eigenvalue weighted by molar-refractivity contribution is 4.99. The zero-order valence-corrected chi connectivity index (χ0v) is 11.2. The van der Waals surface area contributed by atoms with Gasteiger partial charge >= 0.3 is 0 Å². The van der Waals surface area contributed by atoms with Gasteiger partial charge in [0.1, 0.15) is 18.3 Å². The van der Waals surface area contributed by atoms with Gasteiger partial charge in [-0.3, -0.25) is 0 Å². The molecule has 3 fully saturated rings. The number of ether oxygens (including phenoxy) is 5. The topological polar surface area (TPSA) is 72.2 Å². The summed E-state index contributed by atoms with van der Waals surface area (Å²) < 4.78 is 28.6. The van der Waals surface area contributed by atoms with Crippen molar-refractivity contribution in [3.8, 4) is 0 Å². The lowest BCUT2D eigenvalue weighted by molar-refractivity contribution is -0.222. The van der Waals surface area contributed by atoms with Gasteiger partial charge in [-0.05, 0) is 27.7 Å². The lowest BCUT2D eigenvalue weighted by atomic mass is 10.0. The number of rotatable bonds is 1. The molecule has 0 aromatic carbocycles. The fourth-order valence-corrected chi connectivity index (χ4v) is 2.77. The van der Waals surface area contributed by atoms with E-state index in [0.29, 0.717) is 6.61 Å². The van der Waals surface area contributed by atoms with Gasteiger partial charge in [0.05, 0.1) is 12.6 Å². The van der Waals surface area contributed by atoms with Gasteiger partial charge in [0.25, 0.3) is 0 Å². The van der Waals surface area contributed by atoms with E-state index in [1.54, 1.807) is 0 Å². The Labute approximate surface area is 107 Å². The average Bonchev–Trinajstić information content (AvgIpc) is 2.81. The molecule has 3 heterocycles. The number of hydrogen-bond donors (Lipinski definition) is 1. The van der Waals surface area contributed by atoms with Crippen molar-refractivity contribution in [2.45, 2.75) is 69.9 Å². The first kappa shape index (κ1) is 12.8. The van der Waals surface area contributed by atoms with Gasteiger partial charge in [-0.1, -0.05) is 0 Å². The van der Waals surface area contributed by atoms with Crippen LogP contribution in [0, 0.1) is 0 Å². The summed E-state index contributed by atoms with van der Waals surface area (Å²) in [4.78, 5) is 0. The van der Waals surface area contributed by atoms with E-state index < -0.39 is 17.9 Å². The Hall–Kier alpha value is -0.240. The van der Waals surface area contributed by atoms with E-state index in [1.165, 1.54) is 0 Å². The maximum atomic E-state index is 6.19. The van der Waals surface area contributed by atoms with Crippen LogP contribution in [0.4, 0.5) is 0 Å². The van der Waals surface area contributed by atoms with Crippen molar-refractivity contribution in [3.63, 3.8) is 0 Å². The first-order valence-electron chi connectivity index (χ1n) is 6.36. The summed E-state index contributed by atoms with van der Waals surface area (Å²) >= 11 is 0. The molecule has 0 radical (unpaired) electrons. The Morgan fingerprint density at radius 3 is 2.22 bits per heavy atom. The molecule has 0 unspecified atom stereocenters. The molecule has 0 aliphatic carbocycles. The molecule has 0 saturated carbocycles. The van der Waals surface area contributed by atoms with Crippen molar-refractivity contribution in [2.75, 3.05) is 6.61 Å². The molecule has 0 aromatic heterocycles. The average molecular weight is 259 g/mol. The van der Waals surface area contributed by atoms with Crippen LogP contribution in [0.1, 0.15) is 27.7 Å². The molecular weight excluding hydrogens is 238 g/mol. The molecule has 3 aliphatic rings. The van der Waals surface area contributed by atoms with E-state index in [1.807, 2.05) is 27.7 Å². The summed E-state index contributed by atoms with van der Waals surface area (Å²) in [5.41, 5.74) is 6.19. The standard InChI is InChI=1S/C12H21NO5/c1-11(2)14-5-6(16-11)8-7(13)9-10(15-8)18-12(3,4)17-9/h6-10H,5,13H2,1-4H3/t6-,7+,8+,9-,10+/m1/s1. The Kier molecular flexibility index (Phi) is 2.75. The number of fused-ring (bicyclic) bond motifs is 1. The predicted molar refractivity (Wildman–Crippen MR) is 61.6 cm³/mol. The SMILES string of the molecule is CC1(C)O[C@@H]2O[C@@H]([C@H]3COC(C)(C)O3)[C@H](N)[C@H]2O1. The third kappa shape index (κ3) is 2.07. The first-order chi connectivity index (χ1) is 8.27. The van der Waals surface area contributed by atoms with Crippen molar-refractivity contribution in [2.24, 2.45) is 5.73 Å². The first-order valence-corrected chi connectivity index (χ1v) is 6.36. The highest BCUT2D eigenvalue weighted by atomic mass is 16.8. The molecule has 0 spiro atoms. The summed E-state index contributed by atoms with van der Waals surface area (Å²) in [6.45, 7) is 7.95. The lowest BCUT2D eigenvalue weighted by Crippen LogP contribution is -2.47. The third-order valence-electron chi connectivity index (χ3n) is 3.53. The van der Waals surface area contributed by atoms with E-state index in [9.17, 15) is 0 Å². The van der Waals surface area contributed by atoms with Crippen molar-refractivity contribution in [1.29, 1.82) is 0 Å². The van der Waals surface area contributed by atoms with Gasteiger partial charge in [-0.15, -0.1) is 0 Å². The number of nitrogens with two attached hydrogens (primary N) is 1. The summed E-state index contributed by atoms with van der Waals surface area (Å²) in [6, 6.07) is -0.265.